The minimum absolute atomic E-state index is 0.105. The molecule has 4 rings (SSSR count). The Balaban J connectivity index is 0.000000403. The quantitative estimate of drug-likeness (QED) is 0.427. The van der Waals surface area contributed by atoms with E-state index in [0.29, 0.717) is 15.9 Å². The molecule has 0 aliphatic rings. The standard InChI is InChI=1S/C17H14N4OS.C3H7NO/c1-2-11-7-9-12(10-8-11)20-15(22)13-5-3-4-6-14(13)21-16(20)18-19-17(21)23;1-4(2)3-5/h3-10H,2H2,1H3,(H,19,23);3H,1-2H3. The van der Waals surface area contributed by atoms with E-state index >= 15 is 0 Å². The van der Waals surface area contributed by atoms with Crippen molar-refractivity contribution in [2.45, 2.75) is 13.3 Å². The fourth-order valence-corrected chi connectivity index (χ4v) is 3.06. The summed E-state index contributed by atoms with van der Waals surface area (Å²) in [5, 5.41) is 7.65. The van der Waals surface area contributed by atoms with Crippen molar-refractivity contribution in [3.05, 3.63) is 69.2 Å². The van der Waals surface area contributed by atoms with Crippen LogP contribution in [0.5, 0.6) is 0 Å². The number of aryl methyl sites for hydroxylation is 1. The molecule has 0 radical (unpaired) electrons. The lowest BCUT2D eigenvalue weighted by Gasteiger charge is -2.10. The number of nitrogens with zero attached hydrogens (tertiary/aromatic N) is 4. The van der Waals surface area contributed by atoms with Crippen LogP contribution in [0.2, 0.25) is 0 Å². The molecule has 0 aliphatic carbocycles. The fourth-order valence-electron chi connectivity index (χ4n) is 2.83. The predicted molar refractivity (Wildman–Crippen MR) is 113 cm³/mol. The summed E-state index contributed by atoms with van der Waals surface area (Å²) in [5.74, 6) is 0.489. The first-order valence-electron chi connectivity index (χ1n) is 8.79. The number of hydrogen-bond donors (Lipinski definition) is 1. The average Bonchev–Trinajstić information content (AvgIpc) is 3.10. The Hall–Kier alpha value is -3.26. The molecule has 0 saturated carbocycles. The van der Waals surface area contributed by atoms with Gasteiger partial charge in [0.15, 0.2) is 0 Å². The number of benzene rings is 2. The lowest BCUT2D eigenvalue weighted by atomic mass is 10.1. The Kier molecular flexibility index (Phi) is 5.70. The molecule has 0 atom stereocenters. The molecule has 2 aromatic carbocycles. The normalized spacial score (nSPS) is 10.5. The number of aromatic nitrogens is 4. The van der Waals surface area contributed by atoms with Gasteiger partial charge in [0.2, 0.25) is 17.0 Å². The van der Waals surface area contributed by atoms with Gasteiger partial charge in [-0.2, -0.15) is 0 Å². The zero-order valence-corrected chi connectivity index (χ0v) is 16.7. The number of fused-ring (bicyclic) bond motifs is 3. The highest BCUT2D eigenvalue weighted by molar-refractivity contribution is 7.71. The van der Waals surface area contributed by atoms with E-state index in [1.165, 1.54) is 10.5 Å². The van der Waals surface area contributed by atoms with E-state index in [0.717, 1.165) is 24.0 Å². The molecule has 2 aromatic heterocycles. The number of amides is 1. The van der Waals surface area contributed by atoms with Crippen LogP contribution in [0, 0.1) is 4.77 Å². The molecule has 2 heterocycles. The van der Waals surface area contributed by atoms with Crippen molar-refractivity contribution in [3.8, 4) is 5.69 Å². The molecule has 1 amide bonds. The monoisotopic (exact) mass is 395 g/mol. The molecule has 0 unspecified atom stereocenters. The van der Waals surface area contributed by atoms with Gasteiger partial charge in [-0.25, -0.2) is 9.67 Å². The van der Waals surface area contributed by atoms with Gasteiger partial charge in [-0.3, -0.25) is 14.0 Å². The third kappa shape index (κ3) is 3.59. The van der Waals surface area contributed by atoms with Gasteiger partial charge in [-0.1, -0.05) is 31.2 Å². The number of nitrogens with one attached hydrogen (secondary N) is 1. The smallest absolute Gasteiger partial charge is 0.267 e. The summed E-state index contributed by atoms with van der Waals surface area (Å²) < 4.78 is 3.85. The molecule has 1 N–H and O–H groups in total. The highest BCUT2D eigenvalue weighted by Crippen LogP contribution is 2.17. The summed E-state index contributed by atoms with van der Waals surface area (Å²) in [7, 11) is 3.38. The first kappa shape index (κ1) is 19.5. The second kappa shape index (κ2) is 8.18. The number of para-hydroxylation sites is 1. The molecule has 144 valence electrons. The highest BCUT2D eigenvalue weighted by Gasteiger charge is 2.14. The van der Waals surface area contributed by atoms with Gasteiger partial charge in [-0.15, -0.1) is 5.10 Å². The lowest BCUT2D eigenvalue weighted by Crippen LogP contribution is -2.21. The van der Waals surface area contributed by atoms with Gasteiger partial charge < -0.3 is 4.90 Å². The molecular weight excluding hydrogens is 374 g/mol. The molecule has 0 spiro atoms. The van der Waals surface area contributed by atoms with E-state index in [4.69, 9.17) is 12.2 Å². The molecule has 28 heavy (non-hydrogen) atoms. The number of hydrogen-bond acceptors (Lipinski definition) is 4. The highest BCUT2D eigenvalue weighted by atomic mass is 32.1. The van der Waals surface area contributed by atoms with Gasteiger partial charge in [0.05, 0.1) is 16.6 Å². The Labute approximate surface area is 166 Å². The minimum Gasteiger partial charge on any atom is -0.351 e. The second-order valence-electron chi connectivity index (χ2n) is 6.41. The predicted octanol–water partition coefficient (Wildman–Crippen LogP) is 2.96. The van der Waals surface area contributed by atoms with Crippen LogP contribution in [0.1, 0.15) is 12.5 Å². The van der Waals surface area contributed by atoms with Crippen LogP contribution in [-0.2, 0) is 11.2 Å². The van der Waals surface area contributed by atoms with Gasteiger partial charge in [-0.05, 0) is 48.5 Å². The van der Waals surface area contributed by atoms with Crippen molar-refractivity contribution in [3.63, 3.8) is 0 Å². The van der Waals surface area contributed by atoms with Crippen molar-refractivity contribution in [1.82, 2.24) is 24.1 Å². The first-order valence-corrected chi connectivity index (χ1v) is 9.20. The number of carbonyl (C=O) groups is 1. The largest absolute Gasteiger partial charge is 0.351 e. The molecular formula is C20H21N5O2S. The SMILES string of the molecule is CCc1ccc(-n2c(=O)c3ccccc3n3c(=S)[nH]nc23)cc1.CN(C)C=O. The summed E-state index contributed by atoms with van der Waals surface area (Å²) in [4.78, 5) is 23.8. The molecule has 7 nitrogen and oxygen atoms in total. The number of carbonyl (C=O) groups excluding carboxylic acids is 1. The molecule has 4 aromatic rings. The van der Waals surface area contributed by atoms with Crippen LogP contribution in [0.15, 0.2) is 53.3 Å². The van der Waals surface area contributed by atoms with Crippen LogP contribution in [0.4, 0.5) is 0 Å². The maximum Gasteiger partial charge on any atom is 0.267 e. The fraction of sp³-hybridized carbons (Fsp3) is 0.200. The summed E-state index contributed by atoms with van der Waals surface area (Å²) in [6.45, 7) is 2.10. The van der Waals surface area contributed by atoms with Crippen LogP contribution in [0.3, 0.4) is 0 Å². The van der Waals surface area contributed by atoms with Gasteiger partial charge in [0.25, 0.3) is 5.56 Å². The van der Waals surface area contributed by atoms with E-state index in [1.54, 1.807) is 23.1 Å². The summed E-state index contributed by atoms with van der Waals surface area (Å²) in [6, 6.07) is 15.3. The Bertz CT molecular complexity index is 1240. The lowest BCUT2D eigenvalue weighted by molar-refractivity contribution is -0.115. The zero-order chi connectivity index (χ0) is 20.3. The maximum absolute atomic E-state index is 13.0. The van der Waals surface area contributed by atoms with E-state index in [1.807, 2.05) is 48.5 Å². The zero-order valence-electron chi connectivity index (χ0n) is 15.9. The van der Waals surface area contributed by atoms with Gasteiger partial charge in [0.1, 0.15) is 0 Å². The topological polar surface area (TPSA) is 75.4 Å². The van der Waals surface area contributed by atoms with Crippen LogP contribution < -0.4 is 5.56 Å². The molecule has 0 aliphatic heterocycles. The molecule has 0 bridgehead atoms. The number of H-pyrrole nitrogens is 1. The van der Waals surface area contributed by atoms with Crippen LogP contribution >= 0.6 is 12.2 Å². The van der Waals surface area contributed by atoms with Gasteiger partial charge >= 0.3 is 0 Å². The van der Waals surface area contributed by atoms with Crippen molar-refractivity contribution in [2.24, 2.45) is 0 Å². The Morgan fingerprint density at radius 1 is 1.14 bits per heavy atom. The Morgan fingerprint density at radius 2 is 1.79 bits per heavy atom. The summed E-state index contributed by atoms with van der Waals surface area (Å²) in [5.41, 5.74) is 2.65. The number of aromatic amines is 1. The van der Waals surface area contributed by atoms with Crippen molar-refractivity contribution < 1.29 is 4.79 Å². The summed E-state index contributed by atoms with van der Waals surface area (Å²) in [6.07, 6.45) is 1.70. The Morgan fingerprint density at radius 3 is 2.39 bits per heavy atom. The second-order valence-corrected chi connectivity index (χ2v) is 6.80. The van der Waals surface area contributed by atoms with E-state index in [2.05, 4.69) is 17.1 Å². The third-order valence-corrected chi connectivity index (χ3v) is 4.52. The maximum atomic E-state index is 13.0. The van der Waals surface area contributed by atoms with Crippen LogP contribution in [0.25, 0.3) is 22.4 Å². The average molecular weight is 395 g/mol. The first-order chi connectivity index (χ1) is 13.5. The minimum atomic E-state index is -0.105. The van der Waals surface area contributed by atoms with Gasteiger partial charge in [0, 0.05) is 14.1 Å². The van der Waals surface area contributed by atoms with Crippen molar-refractivity contribution in [2.75, 3.05) is 14.1 Å². The molecule has 8 heteroatoms. The van der Waals surface area contributed by atoms with Crippen molar-refractivity contribution >= 4 is 35.3 Å². The van der Waals surface area contributed by atoms with Crippen molar-refractivity contribution in [1.29, 1.82) is 0 Å². The number of rotatable bonds is 3. The van der Waals surface area contributed by atoms with Crippen LogP contribution in [-0.4, -0.2) is 44.6 Å². The third-order valence-electron chi connectivity index (χ3n) is 4.25. The molecule has 0 saturated heterocycles. The summed E-state index contributed by atoms with van der Waals surface area (Å²) >= 11 is 5.34. The van der Waals surface area contributed by atoms with E-state index in [9.17, 15) is 9.59 Å². The molecule has 0 fully saturated rings. The van der Waals surface area contributed by atoms with E-state index < -0.39 is 0 Å². The van der Waals surface area contributed by atoms with E-state index in [-0.39, 0.29) is 5.56 Å².